The Morgan fingerprint density at radius 2 is 2.00 bits per heavy atom. The molecule has 3 unspecified atom stereocenters. The molecule has 2 fully saturated rings. The molecule has 0 amide bonds. The first-order valence-corrected chi connectivity index (χ1v) is 6.21. The normalized spacial score (nSPS) is 34.3. The van der Waals surface area contributed by atoms with Crippen LogP contribution in [0.2, 0.25) is 0 Å². The summed E-state index contributed by atoms with van der Waals surface area (Å²) in [5, 5.41) is 3.71. The maximum atomic E-state index is 3.71. The predicted molar refractivity (Wildman–Crippen MR) is 62.8 cm³/mol. The molecular formula is C14H19N. The zero-order chi connectivity index (χ0) is 10.1. The highest BCUT2D eigenvalue weighted by molar-refractivity contribution is 5.17. The molecule has 0 aromatic heterocycles. The fourth-order valence-electron chi connectivity index (χ4n) is 3.39. The molecule has 1 saturated carbocycles. The summed E-state index contributed by atoms with van der Waals surface area (Å²) < 4.78 is 0. The van der Waals surface area contributed by atoms with Crippen molar-refractivity contribution in [2.45, 2.75) is 31.7 Å². The van der Waals surface area contributed by atoms with Crippen LogP contribution in [0.25, 0.3) is 0 Å². The minimum atomic E-state index is 0.750. The molecule has 1 saturated heterocycles. The third-order valence-electron chi connectivity index (χ3n) is 4.18. The molecule has 0 spiro atoms. The lowest BCUT2D eigenvalue weighted by molar-refractivity contribution is 0.409. The van der Waals surface area contributed by atoms with Gasteiger partial charge in [-0.1, -0.05) is 36.8 Å². The van der Waals surface area contributed by atoms with Gasteiger partial charge in [0.2, 0.25) is 0 Å². The smallest absolute Gasteiger partial charge is 0.0139 e. The molecule has 3 rings (SSSR count). The van der Waals surface area contributed by atoms with Crippen LogP contribution in [0, 0.1) is 11.8 Å². The minimum Gasteiger partial charge on any atom is -0.313 e. The van der Waals surface area contributed by atoms with Crippen molar-refractivity contribution in [2.75, 3.05) is 6.54 Å². The van der Waals surface area contributed by atoms with Crippen molar-refractivity contribution in [3.63, 3.8) is 0 Å². The maximum Gasteiger partial charge on any atom is 0.0139 e. The molecule has 1 aromatic carbocycles. The summed E-state index contributed by atoms with van der Waals surface area (Å²) in [5.41, 5.74) is 1.49. The standard InChI is InChI=1S/C14H19N/c1-2-5-11(6-3-1)9-14-13-8-4-7-12(13)10-15-14/h1-3,5-6,12-15H,4,7-10H2. The Hall–Kier alpha value is -0.820. The molecule has 3 atom stereocenters. The van der Waals surface area contributed by atoms with E-state index in [2.05, 4.69) is 35.6 Å². The number of hydrogen-bond donors (Lipinski definition) is 1. The van der Waals surface area contributed by atoms with E-state index < -0.39 is 0 Å². The highest BCUT2D eigenvalue weighted by atomic mass is 15.0. The molecular weight excluding hydrogens is 182 g/mol. The molecule has 1 heterocycles. The van der Waals surface area contributed by atoms with Gasteiger partial charge in [-0.3, -0.25) is 0 Å². The number of fused-ring (bicyclic) bond motifs is 1. The number of nitrogens with one attached hydrogen (secondary N) is 1. The van der Waals surface area contributed by atoms with Gasteiger partial charge in [-0.25, -0.2) is 0 Å². The van der Waals surface area contributed by atoms with Crippen molar-refractivity contribution in [3.05, 3.63) is 35.9 Å². The zero-order valence-corrected chi connectivity index (χ0v) is 9.15. The summed E-state index contributed by atoms with van der Waals surface area (Å²) >= 11 is 0. The molecule has 80 valence electrons. The molecule has 1 nitrogen and oxygen atoms in total. The largest absolute Gasteiger partial charge is 0.313 e. The highest BCUT2D eigenvalue weighted by Gasteiger charge is 2.38. The van der Waals surface area contributed by atoms with E-state index in [9.17, 15) is 0 Å². The van der Waals surface area contributed by atoms with Crippen LogP contribution in [0.3, 0.4) is 0 Å². The Morgan fingerprint density at radius 1 is 1.13 bits per heavy atom. The van der Waals surface area contributed by atoms with Crippen molar-refractivity contribution in [1.82, 2.24) is 5.32 Å². The Labute approximate surface area is 91.9 Å². The van der Waals surface area contributed by atoms with E-state index >= 15 is 0 Å². The van der Waals surface area contributed by atoms with Gasteiger partial charge in [-0.15, -0.1) is 0 Å². The summed E-state index contributed by atoms with van der Waals surface area (Å²) in [6, 6.07) is 11.7. The summed E-state index contributed by atoms with van der Waals surface area (Å²) in [5.74, 6) is 1.95. The van der Waals surface area contributed by atoms with Gasteiger partial charge in [0.15, 0.2) is 0 Å². The van der Waals surface area contributed by atoms with E-state index in [1.807, 2.05) is 0 Å². The lowest BCUT2D eigenvalue weighted by atomic mass is 9.90. The zero-order valence-electron chi connectivity index (χ0n) is 9.15. The first kappa shape index (κ1) is 9.41. The molecule has 15 heavy (non-hydrogen) atoms. The van der Waals surface area contributed by atoms with Crippen LogP contribution >= 0.6 is 0 Å². The van der Waals surface area contributed by atoms with Crippen LogP contribution in [0.5, 0.6) is 0 Å². The lowest BCUT2D eigenvalue weighted by Gasteiger charge is -2.18. The molecule has 1 aliphatic carbocycles. The van der Waals surface area contributed by atoms with E-state index in [0.717, 1.165) is 17.9 Å². The molecule has 1 heteroatoms. The SMILES string of the molecule is c1ccc(CC2NCC3CCCC32)cc1. The van der Waals surface area contributed by atoms with Gasteiger partial charge in [0, 0.05) is 6.04 Å². The first-order valence-electron chi connectivity index (χ1n) is 6.21. The lowest BCUT2D eigenvalue weighted by Crippen LogP contribution is -2.29. The maximum absolute atomic E-state index is 3.71. The van der Waals surface area contributed by atoms with Crippen molar-refractivity contribution in [2.24, 2.45) is 11.8 Å². The Morgan fingerprint density at radius 3 is 2.87 bits per heavy atom. The highest BCUT2D eigenvalue weighted by Crippen LogP contribution is 2.38. The van der Waals surface area contributed by atoms with Gasteiger partial charge in [0.05, 0.1) is 0 Å². The van der Waals surface area contributed by atoms with Crippen molar-refractivity contribution >= 4 is 0 Å². The first-order chi connectivity index (χ1) is 7.43. The van der Waals surface area contributed by atoms with E-state index in [1.54, 1.807) is 0 Å². The van der Waals surface area contributed by atoms with Gasteiger partial charge in [-0.05, 0) is 43.2 Å². The summed E-state index contributed by atoms with van der Waals surface area (Å²) in [6.45, 7) is 1.27. The minimum absolute atomic E-state index is 0.750. The number of benzene rings is 1. The van der Waals surface area contributed by atoms with E-state index in [4.69, 9.17) is 0 Å². The van der Waals surface area contributed by atoms with Gasteiger partial charge in [0.1, 0.15) is 0 Å². The predicted octanol–water partition coefficient (Wildman–Crippen LogP) is 2.62. The number of rotatable bonds is 2. The van der Waals surface area contributed by atoms with E-state index in [1.165, 1.54) is 37.8 Å². The molecule has 1 aromatic rings. The summed E-state index contributed by atoms with van der Waals surface area (Å²) in [7, 11) is 0. The Bertz CT molecular complexity index is 319. The van der Waals surface area contributed by atoms with Crippen LogP contribution in [-0.2, 0) is 6.42 Å². The van der Waals surface area contributed by atoms with Crippen molar-refractivity contribution in [3.8, 4) is 0 Å². The second-order valence-electron chi connectivity index (χ2n) is 5.06. The van der Waals surface area contributed by atoms with E-state index in [0.29, 0.717) is 0 Å². The second-order valence-corrected chi connectivity index (χ2v) is 5.06. The van der Waals surface area contributed by atoms with Crippen LogP contribution in [-0.4, -0.2) is 12.6 Å². The molecule has 0 radical (unpaired) electrons. The summed E-state index contributed by atoms with van der Waals surface area (Å²) in [4.78, 5) is 0. The number of hydrogen-bond acceptors (Lipinski definition) is 1. The van der Waals surface area contributed by atoms with Crippen LogP contribution in [0.15, 0.2) is 30.3 Å². The Balaban J connectivity index is 1.69. The Kier molecular flexibility index (Phi) is 2.49. The molecule has 1 N–H and O–H groups in total. The second kappa shape index (κ2) is 3.97. The van der Waals surface area contributed by atoms with Crippen LogP contribution < -0.4 is 5.32 Å². The van der Waals surface area contributed by atoms with Gasteiger partial charge in [-0.2, -0.15) is 0 Å². The third-order valence-corrected chi connectivity index (χ3v) is 4.18. The van der Waals surface area contributed by atoms with Gasteiger partial charge >= 0.3 is 0 Å². The molecule has 0 bridgehead atoms. The average Bonchev–Trinajstić information content (AvgIpc) is 2.85. The van der Waals surface area contributed by atoms with Gasteiger partial charge in [0.25, 0.3) is 0 Å². The molecule has 1 aliphatic heterocycles. The van der Waals surface area contributed by atoms with E-state index in [-0.39, 0.29) is 0 Å². The monoisotopic (exact) mass is 201 g/mol. The third kappa shape index (κ3) is 1.81. The fourth-order valence-corrected chi connectivity index (χ4v) is 3.39. The molecule has 2 aliphatic rings. The van der Waals surface area contributed by atoms with Crippen LogP contribution in [0.4, 0.5) is 0 Å². The van der Waals surface area contributed by atoms with Crippen LogP contribution in [0.1, 0.15) is 24.8 Å². The quantitative estimate of drug-likeness (QED) is 0.775. The average molecular weight is 201 g/mol. The van der Waals surface area contributed by atoms with Crippen molar-refractivity contribution in [1.29, 1.82) is 0 Å². The topological polar surface area (TPSA) is 12.0 Å². The fraction of sp³-hybridized carbons (Fsp3) is 0.571. The van der Waals surface area contributed by atoms with Crippen molar-refractivity contribution < 1.29 is 0 Å². The summed E-state index contributed by atoms with van der Waals surface area (Å²) in [6.07, 6.45) is 5.60. The van der Waals surface area contributed by atoms with Gasteiger partial charge < -0.3 is 5.32 Å².